The van der Waals surface area contributed by atoms with E-state index in [4.69, 9.17) is 4.74 Å². The molecule has 0 saturated heterocycles. The molecule has 1 aromatic heterocycles. The van der Waals surface area contributed by atoms with Gasteiger partial charge in [0.1, 0.15) is 18.1 Å². The summed E-state index contributed by atoms with van der Waals surface area (Å²) in [5.41, 5.74) is 3.42. The van der Waals surface area contributed by atoms with Crippen LogP contribution >= 0.6 is 0 Å². The number of fused-ring (bicyclic) bond motifs is 2. The number of rotatable bonds is 6. The van der Waals surface area contributed by atoms with Gasteiger partial charge >= 0.3 is 0 Å². The van der Waals surface area contributed by atoms with E-state index in [0.717, 1.165) is 30.3 Å². The minimum atomic E-state index is -0.632. The van der Waals surface area contributed by atoms with Crippen molar-refractivity contribution in [1.29, 1.82) is 0 Å². The highest BCUT2D eigenvalue weighted by Gasteiger charge is 2.27. The Bertz CT molecular complexity index is 1340. The third-order valence-corrected chi connectivity index (χ3v) is 6.77. The van der Waals surface area contributed by atoms with E-state index < -0.39 is 11.6 Å². The van der Waals surface area contributed by atoms with Crippen molar-refractivity contribution in [2.75, 3.05) is 38.7 Å². The Morgan fingerprint density at radius 3 is 2.76 bits per heavy atom. The van der Waals surface area contributed by atoms with Crippen LogP contribution in [0, 0.1) is 11.6 Å². The predicted octanol–water partition coefficient (Wildman–Crippen LogP) is 3.84. The molecule has 0 fully saturated rings. The van der Waals surface area contributed by atoms with Gasteiger partial charge in [-0.3, -0.25) is 4.79 Å². The molecular weight excluding hydrogens is 476 g/mol. The molecule has 5 rings (SSSR count). The fourth-order valence-corrected chi connectivity index (χ4v) is 5.10. The second-order valence-electron chi connectivity index (χ2n) is 10.2. The van der Waals surface area contributed by atoms with Gasteiger partial charge in [-0.2, -0.15) is 0 Å². The van der Waals surface area contributed by atoms with Crippen molar-refractivity contribution in [2.45, 2.75) is 38.8 Å². The smallest absolute Gasteiger partial charge is 0.251 e. The van der Waals surface area contributed by atoms with Crippen LogP contribution in [0.5, 0.6) is 5.75 Å². The number of carbonyl (C=O) groups excluding carboxylic acids is 1. The molecule has 3 heterocycles. The number of benzene rings is 2. The van der Waals surface area contributed by atoms with Gasteiger partial charge in [-0.05, 0) is 63.7 Å². The molecule has 0 saturated carbocycles. The number of nitrogens with one attached hydrogen (secondary N) is 1. The number of carbonyl (C=O) groups is 1. The van der Waals surface area contributed by atoms with Gasteiger partial charge in [0, 0.05) is 36.2 Å². The molecule has 7 nitrogen and oxygen atoms in total. The van der Waals surface area contributed by atoms with E-state index in [-0.39, 0.29) is 29.4 Å². The minimum Gasteiger partial charge on any atom is -0.486 e. The highest BCUT2D eigenvalue weighted by molar-refractivity contribution is 5.97. The Balaban J connectivity index is 1.43. The van der Waals surface area contributed by atoms with Gasteiger partial charge in [-0.1, -0.05) is 12.1 Å². The zero-order chi connectivity index (χ0) is 26.3. The summed E-state index contributed by atoms with van der Waals surface area (Å²) in [7, 11) is 3.96. The average Bonchev–Trinajstić information content (AvgIpc) is 2.84. The normalized spacial score (nSPS) is 16.9. The van der Waals surface area contributed by atoms with Crippen LogP contribution in [-0.2, 0) is 12.8 Å². The zero-order valence-corrected chi connectivity index (χ0v) is 21.5. The predicted molar refractivity (Wildman–Crippen MR) is 138 cm³/mol. The van der Waals surface area contributed by atoms with Crippen LogP contribution in [-0.4, -0.2) is 66.7 Å². The molecule has 0 bridgehead atoms. The van der Waals surface area contributed by atoms with Crippen molar-refractivity contribution in [3.63, 3.8) is 0 Å². The number of amides is 1. The molecule has 1 unspecified atom stereocenters. The Hall–Kier alpha value is -3.59. The van der Waals surface area contributed by atoms with Crippen LogP contribution in [0.2, 0.25) is 0 Å². The van der Waals surface area contributed by atoms with Gasteiger partial charge in [-0.15, -0.1) is 0 Å². The topological polar surface area (TPSA) is 70.6 Å². The Labute approximate surface area is 215 Å². The minimum absolute atomic E-state index is 0.0307. The van der Waals surface area contributed by atoms with E-state index in [0.29, 0.717) is 42.2 Å². The standard InChI is InChI=1S/C28H31F2N5O2/c1-16(2)35-7-8-37-27-22(29)12-19(13-24(27)35)26-23(30)14-31-25(33-26)10-17-5-6-18-11-20(15-34(3)4)32-28(36)21(18)9-17/h5-6,9,12-14,16,20H,7-8,10-11,15H2,1-4H3,(H,32,36). The summed E-state index contributed by atoms with van der Waals surface area (Å²) in [4.78, 5) is 25.4. The van der Waals surface area contributed by atoms with Crippen LogP contribution in [0.15, 0.2) is 36.5 Å². The second-order valence-corrected chi connectivity index (χ2v) is 10.2. The van der Waals surface area contributed by atoms with Gasteiger partial charge in [0.2, 0.25) is 0 Å². The first kappa shape index (κ1) is 25.1. The van der Waals surface area contributed by atoms with Crippen molar-refractivity contribution in [3.05, 3.63) is 70.7 Å². The van der Waals surface area contributed by atoms with Gasteiger partial charge in [0.15, 0.2) is 17.4 Å². The van der Waals surface area contributed by atoms with Crippen LogP contribution in [0.25, 0.3) is 11.3 Å². The summed E-state index contributed by atoms with van der Waals surface area (Å²) >= 11 is 0. The first-order chi connectivity index (χ1) is 17.7. The summed E-state index contributed by atoms with van der Waals surface area (Å²) in [6.07, 6.45) is 2.18. The Morgan fingerprint density at radius 2 is 2.00 bits per heavy atom. The molecule has 0 aliphatic carbocycles. The molecule has 1 amide bonds. The maximum atomic E-state index is 15.0. The van der Waals surface area contributed by atoms with Gasteiger partial charge in [0.05, 0.1) is 18.4 Å². The summed E-state index contributed by atoms with van der Waals surface area (Å²) in [5.74, 6) is -0.720. The van der Waals surface area contributed by atoms with E-state index in [2.05, 4.69) is 20.2 Å². The number of likely N-dealkylation sites (N-methyl/N-ethyl adjacent to an activating group) is 1. The quantitative estimate of drug-likeness (QED) is 0.547. The molecule has 0 radical (unpaired) electrons. The monoisotopic (exact) mass is 507 g/mol. The lowest BCUT2D eigenvalue weighted by molar-refractivity contribution is 0.0917. The maximum Gasteiger partial charge on any atom is 0.251 e. The number of halogens is 2. The molecule has 2 aliphatic heterocycles. The van der Waals surface area contributed by atoms with E-state index in [1.807, 2.05) is 51.0 Å². The molecule has 37 heavy (non-hydrogen) atoms. The van der Waals surface area contributed by atoms with Crippen molar-refractivity contribution < 1.29 is 18.3 Å². The Kier molecular flexibility index (Phi) is 6.81. The van der Waals surface area contributed by atoms with Crippen LogP contribution in [0.4, 0.5) is 14.5 Å². The third kappa shape index (κ3) is 5.13. The molecule has 9 heteroatoms. The number of hydrogen-bond donors (Lipinski definition) is 1. The summed E-state index contributed by atoms with van der Waals surface area (Å²) in [6, 6.07) is 8.94. The maximum absolute atomic E-state index is 15.0. The fraction of sp³-hybridized carbons (Fsp3) is 0.393. The highest BCUT2D eigenvalue weighted by Crippen LogP contribution is 2.39. The molecule has 0 spiro atoms. The van der Waals surface area contributed by atoms with Gasteiger partial charge in [-0.25, -0.2) is 18.7 Å². The number of ether oxygens (including phenoxy) is 1. The molecule has 1 N–H and O–H groups in total. The molecule has 194 valence electrons. The second kappa shape index (κ2) is 10.0. The average molecular weight is 508 g/mol. The lowest BCUT2D eigenvalue weighted by Crippen LogP contribution is -2.46. The zero-order valence-electron chi connectivity index (χ0n) is 21.5. The molecule has 2 aliphatic rings. The number of anilines is 1. The van der Waals surface area contributed by atoms with Crippen LogP contribution in [0.1, 0.15) is 41.2 Å². The van der Waals surface area contributed by atoms with Crippen LogP contribution < -0.4 is 15.0 Å². The van der Waals surface area contributed by atoms with Crippen molar-refractivity contribution in [2.24, 2.45) is 0 Å². The first-order valence-corrected chi connectivity index (χ1v) is 12.5. The lowest BCUT2D eigenvalue weighted by Gasteiger charge is -2.34. The number of aromatic nitrogens is 2. The number of nitrogens with zero attached hydrogens (tertiary/aromatic N) is 4. The van der Waals surface area contributed by atoms with Crippen molar-refractivity contribution in [3.8, 4) is 17.0 Å². The van der Waals surface area contributed by atoms with Crippen molar-refractivity contribution >= 4 is 11.6 Å². The number of hydrogen-bond acceptors (Lipinski definition) is 6. The highest BCUT2D eigenvalue weighted by atomic mass is 19.1. The first-order valence-electron chi connectivity index (χ1n) is 12.5. The van der Waals surface area contributed by atoms with Crippen LogP contribution in [0.3, 0.4) is 0 Å². The van der Waals surface area contributed by atoms with E-state index in [1.54, 1.807) is 6.07 Å². The molecule has 1 atom stereocenters. The van der Waals surface area contributed by atoms with E-state index in [1.165, 1.54) is 6.07 Å². The molecular formula is C28H31F2N5O2. The van der Waals surface area contributed by atoms with E-state index in [9.17, 15) is 13.6 Å². The van der Waals surface area contributed by atoms with Gasteiger partial charge in [0.25, 0.3) is 5.91 Å². The fourth-order valence-electron chi connectivity index (χ4n) is 5.10. The summed E-state index contributed by atoms with van der Waals surface area (Å²) < 4.78 is 35.4. The molecule has 2 aromatic carbocycles. The van der Waals surface area contributed by atoms with E-state index >= 15 is 0 Å². The van der Waals surface area contributed by atoms with Crippen molar-refractivity contribution in [1.82, 2.24) is 20.2 Å². The Morgan fingerprint density at radius 1 is 1.19 bits per heavy atom. The largest absolute Gasteiger partial charge is 0.486 e. The lowest BCUT2D eigenvalue weighted by atomic mass is 9.92. The SMILES string of the molecule is CC(C)N1CCOc2c(F)cc(-c3nc(Cc4ccc5c(c4)C(=O)NC(CN(C)C)C5)ncc3F)cc21. The third-order valence-electron chi connectivity index (χ3n) is 6.77. The van der Waals surface area contributed by atoms with Gasteiger partial charge < -0.3 is 19.9 Å². The summed E-state index contributed by atoms with van der Waals surface area (Å²) in [5, 5.41) is 3.06. The molecule has 3 aromatic rings. The summed E-state index contributed by atoms with van der Waals surface area (Å²) in [6.45, 7) is 5.81.